The number of carbonyl (C=O) groups excluding carboxylic acids is 1. The van der Waals surface area contributed by atoms with Gasteiger partial charge in [-0.25, -0.2) is 0 Å². The van der Waals surface area contributed by atoms with E-state index in [4.69, 9.17) is 0 Å². The zero-order valence-electron chi connectivity index (χ0n) is 11.1. The maximum atomic E-state index is 12.6. The van der Waals surface area contributed by atoms with Crippen LogP contribution < -0.4 is 5.32 Å². The number of rotatable bonds is 4. The minimum Gasteiger partial charge on any atom is -0.335 e. The highest BCUT2D eigenvalue weighted by Crippen LogP contribution is 2.28. The van der Waals surface area contributed by atoms with Gasteiger partial charge in [0.05, 0.1) is 6.04 Å². The number of nitrogens with one attached hydrogen (secondary N) is 1. The molecular formula is C16H20N2O. The molecule has 0 saturated heterocycles. The van der Waals surface area contributed by atoms with Crippen molar-refractivity contribution in [2.24, 2.45) is 0 Å². The first-order chi connectivity index (χ1) is 9.29. The van der Waals surface area contributed by atoms with Crippen LogP contribution in [0.3, 0.4) is 0 Å². The van der Waals surface area contributed by atoms with Crippen molar-refractivity contribution in [2.75, 3.05) is 6.54 Å². The molecular weight excluding hydrogens is 236 g/mol. The monoisotopic (exact) mass is 256 g/mol. The van der Waals surface area contributed by atoms with Crippen LogP contribution >= 0.6 is 0 Å². The maximum absolute atomic E-state index is 12.6. The van der Waals surface area contributed by atoms with Crippen LogP contribution in [0.2, 0.25) is 0 Å². The average Bonchev–Trinajstić information content (AvgIpc) is 3.28. The Morgan fingerprint density at radius 2 is 2.11 bits per heavy atom. The van der Waals surface area contributed by atoms with E-state index in [1.165, 1.54) is 11.1 Å². The zero-order chi connectivity index (χ0) is 13.2. The molecule has 3 rings (SSSR count). The largest absolute Gasteiger partial charge is 0.335 e. The molecule has 0 unspecified atom stereocenters. The Bertz CT molecular complexity index is 493. The Morgan fingerprint density at radius 1 is 1.37 bits per heavy atom. The number of hydrogen-bond donors (Lipinski definition) is 1. The fourth-order valence-electron chi connectivity index (χ4n) is 2.77. The number of fused-ring (bicyclic) bond motifs is 1. The second-order valence-electron chi connectivity index (χ2n) is 5.42. The lowest BCUT2D eigenvalue weighted by molar-refractivity contribution is -0.133. The Morgan fingerprint density at radius 3 is 2.79 bits per heavy atom. The van der Waals surface area contributed by atoms with Crippen molar-refractivity contribution in [1.29, 1.82) is 0 Å². The van der Waals surface area contributed by atoms with Crippen molar-refractivity contribution in [1.82, 2.24) is 10.2 Å². The fourth-order valence-corrected chi connectivity index (χ4v) is 2.77. The number of benzene rings is 1. The van der Waals surface area contributed by atoms with E-state index < -0.39 is 0 Å². The summed E-state index contributed by atoms with van der Waals surface area (Å²) in [5.74, 6) is 0.233. The average molecular weight is 256 g/mol. The number of nitrogens with zero attached hydrogens (tertiary/aromatic N) is 1. The Labute approximate surface area is 114 Å². The fraction of sp³-hybridized carbons (Fsp3) is 0.438. The molecule has 0 bridgehead atoms. The van der Waals surface area contributed by atoms with Gasteiger partial charge in [-0.1, -0.05) is 30.3 Å². The van der Waals surface area contributed by atoms with Crippen molar-refractivity contribution in [3.05, 3.63) is 48.0 Å². The normalized spacial score (nSPS) is 21.6. The number of carbonyl (C=O) groups is 1. The summed E-state index contributed by atoms with van der Waals surface area (Å²) in [7, 11) is 0. The molecule has 1 heterocycles. The van der Waals surface area contributed by atoms with Crippen LogP contribution in [0.5, 0.6) is 0 Å². The van der Waals surface area contributed by atoms with Gasteiger partial charge in [0.15, 0.2) is 0 Å². The van der Waals surface area contributed by atoms with E-state index >= 15 is 0 Å². The lowest BCUT2D eigenvalue weighted by atomic mass is 9.95. The van der Waals surface area contributed by atoms with E-state index in [1.54, 1.807) is 0 Å². The van der Waals surface area contributed by atoms with Crippen LogP contribution in [0.25, 0.3) is 0 Å². The van der Waals surface area contributed by atoms with E-state index in [1.807, 2.05) is 17.0 Å². The molecule has 3 nitrogen and oxygen atoms in total. The van der Waals surface area contributed by atoms with E-state index in [0.29, 0.717) is 12.6 Å². The molecule has 1 amide bonds. The lowest BCUT2D eigenvalue weighted by Crippen LogP contribution is -2.50. The van der Waals surface area contributed by atoms with Gasteiger partial charge in [-0.2, -0.15) is 0 Å². The van der Waals surface area contributed by atoms with Crippen molar-refractivity contribution in [3.63, 3.8) is 0 Å². The third-order valence-corrected chi connectivity index (χ3v) is 3.98. The third kappa shape index (κ3) is 2.56. The molecule has 1 aliphatic carbocycles. The molecule has 1 aromatic carbocycles. The molecule has 3 heteroatoms. The summed E-state index contributed by atoms with van der Waals surface area (Å²) in [4.78, 5) is 14.6. The summed E-state index contributed by atoms with van der Waals surface area (Å²) in [6, 6.07) is 8.74. The van der Waals surface area contributed by atoms with Crippen LogP contribution in [0.4, 0.5) is 0 Å². The van der Waals surface area contributed by atoms with E-state index in [-0.39, 0.29) is 11.9 Å². The van der Waals surface area contributed by atoms with Gasteiger partial charge in [0.25, 0.3) is 0 Å². The summed E-state index contributed by atoms with van der Waals surface area (Å²) in [5, 5.41) is 3.37. The van der Waals surface area contributed by atoms with Crippen LogP contribution in [0.15, 0.2) is 36.9 Å². The molecule has 1 fully saturated rings. The molecule has 1 N–H and O–H groups in total. The highest BCUT2D eigenvalue weighted by atomic mass is 16.2. The second-order valence-corrected chi connectivity index (χ2v) is 5.42. The van der Waals surface area contributed by atoms with E-state index in [0.717, 1.165) is 25.8 Å². The highest BCUT2D eigenvalue weighted by molar-refractivity contribution is 5.83. The second kappa shape index (κ2) is 5.17. The predicted octanol–water partition coefficient (Wildman–Crippen LogP) is 1.88. The van der Waals surface area contributed by atoms with Gasteiger partial charge in [0.1, 0.15) is 0 Å². The first-order valence-electron chi connectivity index (χ1n) is 7.01. The maximum Gasteiger partial charge on any atom is 0.240 e. The molecule has 0 radical (unpaired) electrons. The molecule has 1 aliphatic heterocycles. The van der Waals surface area contributed by atoms with Gasteiger partial charge in [-0.3, -0.25) is 4.79 Å². The van der Waals surface area contributed by atoms with Gasteiger partial charge < -0.3 is 10.2 Å². The summed E-state index contributed by atoms with van der Waals surface area (Å²) in [6.07, 6.45) is 4.91. The van der Waals surface area contributed by atoms with Crippen molar-refractivity contribution in [2.45, 2.75) is 37.9 Å². The Kier molecular flexibility index (Phi) is 3.38. The lowest BCUT2D eigenvalue weighted by Gasteiger charge is -2.30. The molecule has 0 spiro atoms. The standard InChI is InChI=1S/C16H20N2O/c1-2-9-18(14-7-8-14)16(19)15-10-12-5-3-4-6-13(12)11-17-15/h2-6,14-15,17H,1,7-11H2/t15-/m0/s1. The Hall–Kier alpha value is -1.61. The highest BCUT2D eigenvalue weighted by Gasteiger charge is 2.36. The van der Waals surface area contributed by atoms with Crippen LogP contribution in [0, 0.1) is 0 Å². The molecule has 0 aromatic heterocycles. The third-order valence-electron chi connectivity index (χ3n) is 3.98. The van der Waals surface area contributed by atoms with Crippen LogP contribution in [0.1, 0.15) is 24.0 Å². The SMILES string of the molecule is C=CCN(C(=O)[C@@H]1Cc2ccccc2CN1)C1CC1. The van der Waals surface area contributed by atoms with Gasteiger partial charge in [0, 0.05) is 19.1 Å². The first-order valence-corrected chi connectivity index (χ1v) is 7.01. The summed E-state index contributed by atoms with van der Waals surface area (Å²) >= 11 is 0. The molecule has 19 heavy (non-hydrogen) atoms. The Balaban J connectivity index is 1.73. The minimum atomic E-state index is -0.0737. The van der Waals surface area contributed by atoms with Crippen molar-refractivity contribution >= 4 is 5.91 Å². The molecule has 2 aliphatic rings. The minimum absolute atomic E-state index is 0.0737. The molecule has 1 atom stereocenters. The topological polar surface area (TPSA) is 32.3 Å². The van der Waals surface area contributed by atoms with Crippen molar-refractivity contribution in [3.8, 4) is 0 Å². The number of hydrogen-bond acceptors (Lipinski definition) is 2. The number of amides is 1. The van der Waals surface area contributed by atoms with Gasteiger partial charge >= 0.3 is 0 Å². The van der Waals surface area contributed by atoms with E-state index in [2.05, 4.69) is 30.1 Å². The first kappa shape index (κ1) is 12.4. The zero-order valence-corrected chi connectivity index (χ0v) is 11.1. The van der Waals surface area contributed by atoms with Gasteiger partial charge in [-0.05, 0) is 30.4 Å². The van der Waals surface area contributed by atoms with Gasteiger partial charge in [0.2, 0.25) is 5.91 Å². The quantitative estimate of drug-likeness (QED) is 0.834. The predicted molar refractivity (Wildman–Crippen MR) is 75.7 cm³/mol. The van der Waals surface area contributed by atoms with Crippen molar-refractivity contribution < 1.29 is 4.79 Å². The van der Waals surface area contributed by atoms with Gasteiger partial charge in [-0.15, -0.1) is 6.58 Å². The smallest absolute Gasteiger partial charge is 0.240 e. The van der Waals surface area contributed by atoms with E-state index in [9.17, 15) is 4.79 Å². The molecule has 100 valence electrons. The van der Waals surface area contributed by atoms with Crippen LogP contribution in [-0.2, 0) is 17.8 Å². The summed E-state index contributed by atoms with van der Waals surface area (Å²) < 4.78 is 0. The summed E-state index contributed by atoms with van der Waals surface area (Å²) in [6.45, 7) is 5.22. The summed E-state index contributed by atoms with van der Waals surface area (Å²) in [5.41, 5.74) is 2.61. The van der Waals surface area contributed by atoms with Crippen LogP contribution in [-0.4, -0.2) is 29.4 Å². The molecule has 1 aromatic rings. The molecule has 1 saturated carbocycles.